The molecule has 9 heavy (non-hydrogen) atoms. The fourth-order valence-corrected chi connectivity index (χ4v) is 0. The summed E-state index contributed by atoms with van der Waals surface area (Å²) in [6.07, 6.45) is 0. The summed E-state index contributed by atoms with van der Waals surface area (Å²) in [5.74, 6) is 0. The first kappa shape index (κ1) is 16.0. The Morgan fingerprint density at radius 2 is 1.33 bits per heavy atom. The van der Waals surface area contributed by atoms with Crippen molar-refractivity contribution in [1.29, 1.82) is 0 Å². The van der Waals surface area contributed by atoms with E-state index in [-0.39, 0.29) is 20.6 Å². The number of hydrogen-bond acceptors (Lipinski definition) is 2. The molecule has 0 spiro atoms. The van der Waals surface area contributed by atoms with E-state index in [0.717, 1.165) is 0 Å². The summed E-state index contributed by atoms with van der Waals surface area (Å²) in [4.78, 5) is 0. The number of nitrogens with two attached hydrogens (primary N) is 1. The van der Waals surface area contributed by atoms with Crippen LogP contribution in [-0.2, 0) is 0 Å². The molecule has 0 saturated heterocycles. The molecule has 0 aliphatic carbocycles. The maximum atomic E-state index is 7.57. The van der Waals surface area contributed by atoms with Gasteiger partial charge in [0.2, 0.25) is 0 Å². The molecule has 0 aliphatic heterocycles. The van der Waals surface area contributed by atoms with Crippen LogP contribution in [0.25, 0.3) is 0 Å². The van der Waals surface area contributed by atoms with Gasteiger partial charge < -0.3 is 10.8 Å². The minimum Gasteiger partial charge on any atom is -0.397 e. The third kappa shape index (κ3) is 1260000. The van der Waals surface area contributed by atoms with Crippen LogP contribution in [0, 0.1) is 0 Å². The van der Waals surface area contributed by atoms with Gasteiger partial charge in [0.05, 0.1) is 0 Å². The highest BCUT2D eigenvalue weighted by Crippen LogP contribution is 1.88. The lowest BCUT2D eigenvalue weighted by atomic mass is 10.1. The van der Waals surface area contributed by atoms with Gasteiger partial charge in [-0.25, -0.2) is 0 Å². The second kappa shape index (κ2) is 7.98. The van der Waals surface area contributed by atoms with Crippen LogP contribution in [0.5, 0.6) is 0 Å². The molecule has 0 aromatic carbocycles. The molecular formula is C6H17BNO. The smallest absolute Gasteiger partial charge is 0.0402 e. The predicted molar refractivity (Wildman–Crippen MR) is 42.5 cm³/mol. The predicted octanol–water partition coefficient (Wildman–Crippen LogP) is 0.361. The van der Waals surface area contributed by atoms with Gasteiger partial charge in [-0.3, -0.25) is 0 Å². The van der Waals surface area contributed by atoms with Gasteiger partial charge in [0.15, 0.2) is 0 Å². The van der Waals surface area contributed by atoms with Crippen LogP contribution in [0.2, 0.25) is 0 Å². The van der Waals surface area contributed by atoms with Crippen molar-refractivity contribution in [1.82, 2.24) is 0 Å². The van der Waals surface area contributed by atoms with Gasteiger partial charge >= 0.3 is 0 Å². The molecule has 0 bridgehead atoms. The minimum atomic E-state index is 0. The molecule has 0 saturated carbocycles. The number of rotatable bonds is 0. The molecule has 3 heteroatoms. The third-order valence-corrected chi connectivity index (χ3v) is 0. The van der Waals surface area contributed by atoms with Crippen LogP contribution in [0.15, 0.2) is 0 Å². The zero-order chi connectivity index (χ0) is 7.21. The highest BCUT2D eigenvalue weighted by atomic mass is 16.2. The van der Waals surface area contributed by atoms with E-state index < -0.39 is 0 Å². The van der Waals surface area contributed by atoms with E-state index in [1.54, 1.807) is 6.92 Å². The molecule has 0 atom stereocenters. The molecule has 0 heterocycles. The molecule has 0 unspecified atom stereocenters. The van der Waals surface area contributed by atoms with Crippen LogP contribution < -0.4 is 5.73 Å². The van der Waals surface area contributed by atoms with Crippen molar-refractivity contribution in [3.8, 4) is 0 Å². The lowest BCUT2D eigenvalue weighted by Gasteiger charge is -2.06. The minimum absolute atomic E-state index is 0. The Kier molecular flexibility index (Phi) is 14.2. The van der Waals surface area contributed by atoms with E-state index in [1.807, 2.05) is 20.8 Å². The van der Waals surface area contributed by atoms with Gasteiger partial charge in [0, 0.05) is 20.6 Å². The van der Waals surface area contributed by atoms with Crippen molar-refractivity contribution in [3.63, 3.8) is 0 Å². The van der Waals surface area contributed by atoms with E-state index in [0.29, 0.717) is 0 Å². The maximum absolute atomic E-state index is 7.57. The summed E-state index contributed by atoms with van der Waals surface area (Å²) in [5.41, 5.74) is 5.35. The van der Waals surface area contributed by atoms with Crippen LogP contribution in [0.4, 0.5) is 0 Å². The zero-order valence-electron chi connectivity index (χ0n) is 6.81. The molecule has 0 rings (SSSR count). The second-order valence-corrected chi connectivity index (χ2v) is 2.68. The molecule has 3 N–H and O–H groups in total. The SMILES string of the molecule is CC(C)(C)N.CCO.[B]. The Hall–Kier alpha value is -0.0151. The van der Waals surface area contributed by atoms with Crippen LogP contribution in [0.1, 0.15) is 27.7 Å². The number of aliphatic hydroxyl groups excluding tert-OH is 1. The highest BCUT2D eigenvalue weighted by Gasteiger charge is 1.95. The molecule has 0 aliphatic rings. The van der Waals surface area contributed by atoms with E-state index in [2.05, 4.69) is 0 Å². The number of aliphatic hydroxyl groups is 1. The summed E-state index contributed by atoms with van der Waals surface area (Å²) in [7, 11) is 0. The average Bonchev–Trinajstić information content (AvgIpc) is 1.27. The largest absolute Gasteiger partial charge is 0.397 e. The van der Waals surface area contributed by atoms with Gasteiger partial charge in [-0.2, -0.15) is 0 Å². The number of hydrogen-bond donors (Lipinski definition) is 2. The van der Waals surface area contributed by atoms with E-state index in [4.69, 9.17) is 10.8 Å². The first-order valence-corrected chi connectivity index (χ1v) is 2.81. The quantitative estimate of drug-likeness (QED) is 0.465. The Balaban J connectivity index is -0.0000000800. The second-order valence-electron chi connectivity index (χ2n) is 2.68. The summed E-state index contributed by atoms with van der Waals surface area (Å²) in [6.45, 7) is 7.83. The third-order valence-electron chi connectivity index (χ3n) is 0. The molecular weight excluding hydrogens is 113 g/mol. The summed E-state index contributed by atoms with van der Waals surface area (Å²) >= 11 is 0. The fourth-order valence-electron chi connectivity index (χ4n) is 0. The average molecular weight is 130 g/mol. The lowest BCUT2D eigenvalue weighted by molar-refractivity contribution is 0.318. The Bertz CT molecular complexity index is 36.8. The van der Waals surface area contributed by atoms with E-state index >= 15 is 0 Å². The molecule has 0 aromatic rings. The van der Waals surface area contributed by atoms with Crippen LogP contribution in [0.3, 0.4) is 0 Å². The lowest BCUT2D eigenvalue weighted by Crippen LogP contribution is -2.26. The van der Waals surface area contributed by atoms with Crippen molar-refractivity contribution in [2.24, 2.45) is 5.73 Å². The summed E-state index contributed by atoms with van der Waals surface area (Å²) in [6, 6.07) is 0. The van der Waals surface area contributed by atoms with Gasteiger partial charge in [-0.15, -0.1) is 0 Å². The summed E-state index contributed by atoms with van der Waals surface area (Å²) < 4.78 is 0. The Morgan fingerprint density at radius 1 is 1.33 bits per heavy atom. The van der Waals surface area contributed by atoms with E-state index in [9.17, 15) is 0 Å². The van der Waals surface area contributed by atoms with Crippen molar-refractivity contribution in [3.05, 3.63) is 0 Å². The molecule has 0 fully saturated rings. The highest BCUT2D eigenvalue weighted by molar-refractivity contribution is 5.75. The van der Waals surface area contributed by atoms with Gasteiger partial charge in [0.25, 0.3) is 0 Å². The monoisotopic (exact) mass is 130 g/mol. The van der Waals surface area contributed by atoms with Crippen molar-refractivity contribution < 1.29 is 5.11 Å². The fraction of sp³-hybridized carbons (Fsp3) is 1.00. The van der Waals surface area contributed by atoms with Crippen molar-refractivity contribution in [2.75, 3.05) is 6.61 Å². The molecule has 3 radical (unpaired) electrons. The molecule has 0 aromatic heterocycles. The Labute approximate surface area is 60.0 Å². The standard InChI is InChI=1S/C4H11N.C2H6O.B/c1-4(2,3)5;1-2-3;/h5H2,1-3H3;3H,2H2,1H3;. The molecule has 0 amide bonds. The van der Waals surface area contributed by atoms with Crippen LogP contribution >= 0.6 is 0 Å². The van der Waals surface area contributed by atoms with Gasteiger partial charge in [-0.05, 0) is 27.7 Å². The molecule has 2 nitrogen and oxygen atoms in total. The molecule has 55 valence electrons. The van der Waals surface area contributed by atoms with Crippen molar-refractivity contribution in [2.45, 2.75) is 33.2 Å². The first-order valence-electron chi connectivity index (χ1n) is 2.81. The normalized spacial score (nSPS) is 8.67. The van der Waals surface area contributed by atoms with E-state index in [1.165, 1.54) is 0 Å². The van der Waals surface area contributed by atoms with Crippen LogP contribution in [-0.4, -0.2) is 25.7 Å². The summed E-state index contributed by atoms with van der Waals surface area (Å²) in [5, 5.41) is 7.57. The Morgan fingerprint density at radius 3 is 1.33 bits per heavy atom. The van der Waals surface area contributed by atoms with Gasteiger partial charge in [-0.1, -0.05) is 0 Å². The maximum Gasteiger partial charge on any atom is 0.0402 e. The van der Waals surface area contributed by atoms with Crippen molar-refractivity contribution >= 4 is 8.41 Å². The zero-order valence-corrected chi connectivity index (χ0v) is 6.81. The first-order chi connectivity index (χ1) is 3.41. The van der Waals surface area contributed by atoms with Gasteiger partial charge in [0.1, 0.15) is 0 Å². The topological polar surface area (TPSA) is 46.2 Å².